The highest BCUT2D eigenvalue weighted by molar-refractivity contribution is 5.86. The first-order valence-electron chi connectivity index (χ1n) is 5.93. The van der Waals surface area contributed by atoms with Crippen LogP contribution in [0.3, 0.4) is 0 Å². The third-order valence-electron chi connectivity index (χ3n) is 2.86. The predicted octanol–water partition coefficient (Wildman–Crippen LogP) is 4.30. The first-order valence-corrected chi connectivity index (χ1v) is 5.93. The second-order valence-electron chi connectivity index (χ2n) is 4.73. The minimum Gasteiger partial charge on any atom is -0.462 e. The molecule has 0 N–H and O–H groups in total. The smallest absolute Gasteiger partial charge is 0.378 e. The summed E-state index contributed by atoms with van der Waals surface area (Å²) < 4.78 is 107. The van der Waals surface area contributed by atoms with Gasteiger partial charge in [-0.1, -0.05) is 13.5 Å². The van der Waals surface area contributed by atoms with Crippen molar-refractivity contribution in [3.63, 3.8) is 0 Å². The molecule has 2 nitrogen and oxygen atoms in total. The number of carbonyl (C=O) groups excluding carboxylic acids is 1. The van der Waals surface area contributed by atoms with E-state index in [1.165, 1.54) is 6.92 Å². The summed E-state index contributed by atoms with van der Waals surface area (Å²) in [7, 11) is 0. The molecule has 0 aliphatic rings. The molecular formula is C12H14F8O2. The molecule has 0 radical (unpaired) electrons. The molecular weight excluding hydrogens is 328 g/mol. The summed E-state index contributed by atoms with van der Waals surface area (Å²) >= 11 is 0. The SMILES string of the molecule is C=C(C)C(=O)OCCC(C)C(F)(F)C(F)(F)C(F)(F)C(F)F. The molecule has 0 aromatic rings. The van der Waals surface area contributed by atoms with Crippen LogP contribution in [0.1, 0.15) is 20.3 Å². The summed E-state index contributed by atoms with van der Waals surface area (Å²) in [4.78, 5) is 10.9. The van der Waals surface area contributed by atoms with Crippen molar-refractivity contribution in [3.8, 4) is 0 Å². The molecule has 1 atom stereocenters. The van der Waals surface area contributed by atoms with Gasteiger partial charge in [0.1, 0.15) is 0 Å². The van der Waals surface area contributed by atoms with E-state index in [-0.39, 0.29) is 5.57 Å². The Bertz CT molecular complexity index is 419. The molecule has 0 rings (SSSR count). The van der Waals surface area contributed by atoms with Gasteiger partial charge in [0.2, 0.25) is 0 Å². The van der Waals surface area contributed by atoms with E-state index in [0.717, 1.165) is 0 Å². The van der Waals surface area contributed by atoms with Crippen LogP contribution >= 0.6 is 0 Å². The van der Waals surface area contributed by atoms with Gasteiger partial charge in [-0.15, -0.1) is 0 Å². The van der Waals surface area contributed by atoms with Crippen molar-refractivity contribution in [3.05, 3.63) is 12.2 Å². The van der Waals surface area contributed by atoms with E-state index in [0.29, 0.717) is 6.92 Å². The highest BCUT2D eigenvalue weighted by Crippen LogP contribution is 2.51. The Morgan fingerprint density at radius 3 is 1.91 bits per heavy atom. The zero-order chi connectivity index (χ0) is 17.9. The van der Waals surface area contributed by atoms with Crippen LogP contribution in [-0.4, -0.2) is 36.8 Å². The molecule has 22 heavy (non-hydrogen) atoms. The fourth-order valence-corrected chi connectivity index (χ4v) is 1.30. The Balaban J connectivity index is 4.98. The Labute approximate surface area is 121 Å². The van der Waals surface area contributed by atoms with Crippen LogP contribution in [0.2, 0.25) is 0 Å². The average Bonchev–Trinajstić information content (AvgIpc) is 2.37. The number of alkyl halides is 8. The zero-order valence-electron chi connectivity index (χ0n) is 11.6. The van der Waals surface area contributed by atoms with E-state index >= 15 is 0 Å². The second kappa shape index (κ2) is 6.82. The number of esters is 1. The Kier molecular flexibility index (Phi) is 6.40. The minimum absolute atomic E-state index is 0.0889. The molecule has 1 unspecified atom stereocenters. The summed E-state index contributed by atoms with van der Waals surface area (Å²) in [5.74, 6) is -21.3. The van der Waals surface area contributed by atoms with Crippen molar-refractivity contribution >= 4 is 5.97 Å². The molecule has 10 heteroatoms. The van der Waals surface area contributed by atoms with Crippen LogP contribution in [0.15, 0.2) is 12.2 Å². The fourth-order valence-electron chi connectivity index (χ4n) is 1.30. The molecule has 0 aromatic heterocycles. The molecule has 0 spiro atoms. The molecule has 130 valence electrons. The topological polar surface area (TPSA) is 26.3 Å². The van der Waals surface area contributed by atoms with Crippen molar-refractivity contribution in [2.24, 2.45) is 5.92 Å². The van der Waals surface area contributed by atoms with Crippen LogP contribution in [0.25, 0.3) is 0 Å². The van der Waals surface area contributed by atoms with Crippen molar-refractivity contribution in [2.45, 2.75) is 44.5 Å². The molecule has 0 amide bonds. The monoisotopic (exact) mass is 342 g/mol. The lowest BCUT2D eigenvalue weighted by atomic mass is 9.91. The molecule has 0 saturated carbocycles. The summed E-state index contributed by atoms with van der Waals surface area (Å²) in [6.45, 7) is 4.08. The fraction of sp³-hybridized carbons (Fsp3) is 0.750. The summed E-state index contributed by atoms with van der Waals surface area (Å²) in [6, 6.07) is 0. The van der Waals surface area contributed by atoms with Gasteiger partial charge in [-0.3, -0.25) is 0 Å². The maximum absolute atomic E-state index is 13.4. The lowest BCUT2D eigenvalue weighted by molar-refractivity contribution is -0.349. The largest absolute Gasteiger partial charge is 0.462 e. The van der Waals surface area contributed by atoms with Gasteiger partial charge in [0.25, 0.3) is 0 Å². The third kappa shape index (κ3) is 3.89. The lowest BCUT2D eigenvalue weighted by Gasteiger charge is -2.35. The van der Waals surface area contributed by atoms with Crippen LogP contribution in [0.5, 0.6) is 0 Å². The molecule has 0 aliphatic heterocycles. The standard InChI is InChI=1S/C12H14F8O2/c1-6(2)8(21)22-5-4-7(3)10(15,16)12(19,20)11(17,18)9(13)14/h7,9H,1,4-5H2,2-3H3. The summed E-state index contributed by atoms with van der Waals surface area (Å²) in [5, 5.41) is 0. The van der Waals surface area contributed by atoms with Crippen LogP contribution in [-0.2, 0) is 9.53 Å². The minimum atomic E-state index is -6.26. The van der Waals surface area contributed by atoms with Gasteiger partial charge in [-0.05, 0) is 13.3 Å². The number of hydrogen-bond acceptors (Lipinski definition) is 2. The first-order chi connectivity index (χ1) is 9.69. The molecule has 0 bridgehead atoms. The van der Waals surface area contributed by atoms with E-state index < -0.39 is 49.1 Å². The van der Waals surface area contributed by atoms with Gasteiger partial charge >= 0.3 is 30.2 Å². The van der Waals surface area contributed by atoms with Crippen LogP contribution in [0, 0.1) is 5.92 Å². The number of halogens is 8. The number of ether oxygens (including phenoxy) is 1. The van der Waals surface area contributed by atoms with Gasteiger partial charge in [0.15, 0.2) is 0 Å². The highest BCUT2D eigenvalue weighted by Gasteiger charge is 2.76. The van der Waals surface area contributed by atoms with Crippen LogP contribution < -0.4 is 0 Å². The zero-order valence-corrected chi connectivity index (χ0v) is 11.6. The normalized spacial score (nSPS) is 14.9. The van der Waals surface area contributed by atoms with Gasteiger partial charge in [-0.25, -0.2) is 13.6 Å². The van der Waals surface area contributed by atoms with Crippen molar-refractivity contribution in [2.75, 3.05) is 6.61 Å². The summed E-state index contributed by atoms with van der Waals surface area (Å²) in [5.41, 5.74) is -0.0889. The van der Waals surface area contributed by atoms with E-state index in [2.05, 4.69) is 11.3 Å². The Morgan fingerprint density at radius 1 is 1.09 bits per heavy atom. The Hall–Kier alpha value is -1.35. The van der Waals surface area contributed by atoms with Gasteiger partial charge in [0, 0.05) is 11.5 Å². The average molecular weight is 342 g/mol. The lowest BCUT2D eigenvalue weighted by Crippen LogP contribution is -2.59. The van der Waals surface area contributed by atoms with Crippen molar-refractivity contribution in [1.82, 2.24) is 0 Å². The maximum atomic E-state index is 13.4. The maximum Gasteiger partial charge on any atom is 0.378 e. The molecule has 0 saturated heterocycles. The molecule has 0 aromatic carbocycles. The van der Waals surface area contributed by atoms with E-state index in [1.807, 2.05) is 0 Å². The van der Waals surface area contributed by atoms with E-state index in [4.69, 9.17) is 0 Å². The van der Waals surface area contributed by atoms with Crippen molar-refractivity contribution in [1.29, 1.82) is 0 Å². The predicted molar refractivity (Wildman–Crippen MR) is 60.4 cm³/mol. The third-order valence-corrected chi connectivity index (χ3v) is 2.86. The van der Waals surface area contributed by atoms with Gasteiger partial charge in [-0.2, -0.15) is 26.3 Å². The van der Waals surface area contributed by atoms with Crippen LogP contribution in [0.4, 0.5) is 35.1 Å². The quantitative estimate of drug-likeness (QED) is 0.373. The van der Waals surface area contributed by atoms with Gasteiger partial charge in [0.05, 0.1) is 6.61 Å². The van der Waals surface area contributed by atoms with E-state index in [1.54, 1.807) is 0 Å². The number of rotatable bonds is 8. The van der Waals surface area contributed by atoms with E-state index in [9.17, 15) is 39.9 Å². The molecule has 0 aliphatic carbocycles. The highest BCUT2D eigenvalue weighted by atomic mass is 19.4. The molecule has 0 heterocycles. The second-order valence-corrected chi connectivity index (χ2v) is 4.73. The Morgan fingerprint density at radius 2 is 1.55 bits per heavy atom. The number of hydrogen-bond donors (Lipinski definition) is 0. The first kappa shape index (κ1) is 20.6. The number of carbonyl (C=O) groups is 1. The molecule has 0 fully saturated rings. The van der Waals surface area contributed by atoms with Crippen molar-refractivity contribution < 1.29 is 44.7 Å². The summed E-state index contributed by atoms with van der Waals surface area (Å²) in [6.07, 6.45) is -5.89. The van der Waals surface area contributed by atoms with Gasteiger partial charge < -0.3 is 4.74 Å².